The topological polar surface area (TPSA) is 62.9 Å². The van der Waals surface area contributed by atoms with E-state index in [-0.39, 0.29) is 11.9 Å². The number of ether oxygens (including phenoxy) is 1. The van der Waals surface area contributed by atoms with E-state index >= 15 is 0 Å². The molecule has 19 heavy (non-hydrogen) atoms. The highest BCUT2D eigenvalue weighted by Gasteiger charge is 2.33. The smallest absolute Gasteiger partial charge is 0.251 e. The normalized spacial score (nSPS) is 22.5. The zero-order valence-electron chi connectivity index (χ0n) is 11.4. The summed E-state index contributed by atoms with van der Waals surface area (Å²) in [5.41, 5.74) is 0. The molecule has 1 aromatic rings. The molecule has 1 aliphatic rings. The number of carbonyl (C=O) groups is 1. The third-order valence-corrected chi connectivity index (χ3v) is 3.73. The van der Waals surface area contributed by atoms with Crippen LogP contribution in [0.2, 0.25) is 0 Å². The van der Waals surface area contributed by atoms with E-state index in [1.807, 2.05) is 4.90 Å². The minimum Gasteiger partial charge on any atom is -0.467 e. The molecule has 0 saturated carbocycles. The van der Waals surface area contributed by atoms with Crippen LogP contribution < -0.4 is 0 Å². The fourth-order valence-electron chi connectivity index (χ4n) is 2.56. The molecule has 1 fully saturated rings. The Hall–Kier alpha value is -1.33. The monoisotopic (exact) mass is 267 g/mol. The van der Waals surface area contributed by atoms with Gasteiger partial charge in [-0.05, 0) is 31.9 Å². The molecule has 1 saturated heterocycles. The predicted octanol–water partition coefficient (Wildman–Crippen LogP) is 1.73. The molecule has 1 amide bonds. The fraction of sp³-hybridized carbons (Fsp3) is 0.643. The lowest BCUT2D eigenvalue weighted by Crippen LogP contribution is -2.42. The molecule has 3 unspecified atom stereocenters. The molecule has 0 aliphatic carbocycles. The van der Waals surface area contributed by atoms with E-state index in [1.165, 1.54) is 7.11 Å². The number of furan rings is 1. The highest BCUT2D eigenvalue weighted by atomic mass is 16.5. The van der Waals surface area contributed by atoms with Gasteiger partial charge in [0.1, 0.15) is 18.0 Å². The van der Waals surface area contributed by atoms with Crippen molar-refractivity contribution in [3.8, 4) is 0 Å². The van der Waals surface area contributed by atoms with Crippen molar-refractivity contribution in [2.45, 2.75) is 44.4 Å². The first kappa shape index (κ1) is 14.1. The number of hydrogen-bond donors (Lipinski definition) is 1. The highest BCUT2D eigenvalue weighted by molar-refractivity contribution is 5.81. The summed E-state index contributed by atoms with van der Waals surface area (Å²) in [6.07, 6.45) is 2.85. The summed E-state index contributed by atoms with van der Waals surface area (Å²) in [5, 5.41) is 10.1. The number of rotatable bonds is 5. The van der Waals surface area contributed by atoms with E-state index in [0.717, 1.165) is 19.4 Å². The summed E-state index contributed by atoms with van der Waals surface area (Å²) in [5.74, 6) is 0.552. The van der Waals surface area contributed by atoms with Crippen LogP contribution in [-0.2, 0) is 9.53 Å². The average molecular weight is 267 g/mol. The Morgan fingerprint density at radius 1 is 1.68 bits per heavy atom. The summed E-state index contributed by atoms with van der Waals surface area (Å²) in [4.78, 5) is 14.0. The number of aliphatic hydroxyl groups is 1. The van der Waals surface area contributed by atoms with Crippen LogP contribution in [0.5, 0.6) is 0 Å². The van der Waals surface area contributed by atoms with E-state index in [1.54, 1.807) is 25.3 Å². The number of likely N-dealkylation sites (tertiary alicyclic amines) is 1. The molecule has 5 heteroatoms. The second-order valence-corrected chi connectivity index (χ2v) is 4.97. The summed E-state index contributed by atoms with van der Waals surface area (Å²) in [6.45, 7) is 2.49. The van der Waals surface area contributed by atoms with Gasteiger partial charge >= 0.3 is 0 Å². The van der Waals surface area contributed by atoms with Crippen molar-refractivity contribution in [2.24, 2.45) is 0 Å². The Kier molecular flexibility index (Phi) is 4.61. The zero-order chi connectivity index (χ0) is 13.8. The standard InChI is InChI=1S/C14H21NO4/c1-10(18-2)14(17)15-7-3-5-11(15)9-12(16)13-6-4-8-19-13/h4,6,8,10-12,16H,3,5,7,9H2,1-2H3. The molecule has 0 radical (unpaired) electrons. The van der Waals surface area contributed by atoms with Crippen molar-refractivity contribution in [3.05, 3.63) is 24.2 Å². The number of aliphatic hydroxyl groups excluding tert-OH is 1. The van der Waals surface area contributed by atoms with Gasteiger partial charge in [0, 0.05) is 26.1 Å². The van der Waals surface area contributed by atoms with Crippen molar-refractivity contribution >= 4 is 5.91 Å². The van der Waals surface area contributed by atoms with Crippen molar-refractivity contribution in [1.82, 2.24) is 4.90 Å². The fourth-order valence-corrected chi connectivity index (χ4v) is 2.56. The van der Waals surface area contributed by atoms with Crippen LogP contribution in [0, 0.1) is 0 Å². The first-order valence-corrected chi connectivity index (χ1v) is 6.68. The van der Waals surface area contributed by atoms with Gasteiger partial charge in [-0.25, -0.2) is 0 Å². The number of hydrogen-bond acceptors (Lipinski definition) is 4. The lowest BCUT2D eigenvalue weighted by Gasteiger charge is -2.28. The van der Waals surface area contributed by atoms with E-state index in [4.69, 9.17) is 9.15 Å². The van der Waals surface area contributed by atoms with E-state index in [9.17, 15) is 9.90 Å². The number of methoxy groups -OCH3 is 1. The number of amides is 1. The maximum Gasteiger partial charge on any atom is 0.251 e. The molecule has 5 nitrogen and oxygen atoms in total. The quantitative estimate of drug-likeness (QED) is 0.882. The summed E-state index contributed by atoms with van der Waals surface area (Å²) in [6, 6.07) is 3.57. The van der Waals surface area contributed by atoms with Gasteiger partial charge in [-0.1, -0.05) is 0 Å². The molecule has 2 rings (SSSR count). The van der Waals surface area contributed by atoms with Gasteiger partial charge in [-0.3, -0.25) is 4.79 Å². The number of carbonyl (C=O) groups excluding carboxylic acids is 1. The molecule has 1 aliphatic heterocycles. The number of nitrogens with zero attached hydrogens (tertiary/aromatic N) is 1. The maximum absolute atomic E-state index is 12.2. The molecule has 106 valence electrons. The Bertz CT molecular complexity index is 404. The van der Waals surface area contributed by atoms with Crippen molar-refractivity contribution in [1.29, 1.82) is 0 Å². The average Bonchev–Trinajstić information content (AvgIpc) is 3.07. The van der Waals surface area contributed by atoms with Gasteiger partial charge in [-0.15, -0.1) is 0 Å². The van der Waals surface area contributed by atoms with Gasteiger partial charge < -0.3 is 19.2 Å². The van der Waals surface area contributed by atoms with Crippen molar-refractivity contribution in [3.63, 3.8) is 0 Å². The van der Waals surface area contributed by atoms with Gasteiger partial charge in [0.15, 0.2) is 0 Å². The molecule has 1 N–H and O–H groups in total. The first-order chi connectivity index (χ1) is 9.13. The Morgan fingerprint density at radius 3 is 3.11 bits per heavy atom. The lowest BCUT2D eigenvalue weighted by atomic mass is 10.0. The molecule has 2 heterocycles. The van der Waals surface area contributed by atoms with Gasteiger partial charge in [0.25, 0.3) is 5.91 Å². The highest BCUT2D eigenvalue weighted by Crippen LogP contribution is 2.28. The molecule has 0 bridgehead atoms. The van der Waals surface area contributed by atoms with Crippen LogP contribution in [0.4, 0.5) is 0 Å². The van der Waals surface area contributed by atoms with E-state index in [2.05, 4.69) is 0 Å². The first-order valence-electron chi connectivity index (χ1n) is 6.68. The van der Waals surface area contributed by atoms with Crippen LogP contribution in [0.3, 0.4) is 0 Å². The lowest BCUT2D eigenvalue weighted by molar-refractivity contribution is -0.142. The van der Waals surface area contributed by atoms with Crippen LogP contribution in [-0.4, -0.2) is 41.7 Å². The Balaban J connectivity index is 1.97. The van der Waals surface area contributed by atoms with Crippen LogP contribution in [0.15, 0.2) is 22.8 Å². The third kappa shape index (κ3) is 3.16. The third-order valence-electron chi connectivity index (χ3n) is 3.73. The Morgan fingerprint density at radius 2 is 2.47 bits per heavy atom. The largest absolute Gasteiger partial charge is 0.467 e. The summed E-state index contributed by atoms with van der Waals surface area (Å²) in [7, 11) is 1.53. The molecular weight excluding hydrogens is 246 g/mol. The molecular formula is C14H21NO4. The predicted molar refractivity (Wildman–Crippen MR) is 69.5 cm³/mol. The van der Waals surface area contributed by atoms with E-state index in [0.29, 0.717) is 12.2 Å². The van der Waals surface area contributed by atoms with E-state index < -0.39 is 12.2 Å². The molecule has 3 atom stereocenters. The van der Waals surface area contributed by atoms with Gasteiger partial charge in [0.2, 0.25) is 0 Å². The molecule has 1 aromatic heterocycles. The summed E-state index contributed by atoms with van der Waals surface area (Å²) < 4.78 is 10.3. The minimum absolute atomic E-state index is 0.00311. The van der Waals surface area contributed by atoms with Gasteiger partial charge in [0.05, 0.1) is 6.26 Å². The molecule has 0 spiro atoms. The zero-order valence-corrected chi connectivity index (χ0v) is 11.4. The maximum atomic E-state index is 12.2. The van der Waals surface area contributed by atoms with Crippen molar-refractivity contribution < 1.29 is 19.1 Å². The second-order valence-electron chi connectivity index (χ2n) is 4.97. The summed E-state index contributed by atoms with van der Waals surface area (Å²) >= 11 is 0. The van der Waals surface area contributed by atoms with Crippen molar-refractivity contribution in [2.75, 3.05) is 13.7 Å². The van der Waals surface area contributed by atoms with Crippen LogP contribution in [0.25, 0.3) is 0 Å². The Labute approximate surface area is 113 Å². The second kappa shape index (κ2) is 6.21. The van der Waals surface area contributed by atoms with Crippen LogP contribution in [0.1, 0.15) is 38.1 Å². The van der Waals surface area contributed by atoms with Crippen LogP contribution >= 0.6 is 0 Å². The van der Waals surface area contributed by atoms with Gasteiger partial charge in [-0.2, -0.15) is 0 Å². The molecule has 0 aromatic carbocycles. The minimum atomic E-state index is -0.661. The SMILES string of the molecule is COC(C)C(=O)N1CCCC1CC(O)c1ccco1.